The van der Waals surface area contributed by atoms with Crippen LogP contribution in [0.1, 0.15) is 89.1 Å². The van der Waals surface area contributed by atoms with Crippen molar-refractivity contribution in [1.82, 2.24) is 0 Å². The molecule has 0 saturated carbocycles. The van der Waals surface area contributed by atoms with E-state index < -0.39 is 10.8 Å². The number of rotatable bonds is 10. The van der Waals surface area contributed by atoms with Crippen LogP contribution in [-0.4, -0.2) is 0 Å². The van der Waals surface area contributed by atoms with Crippen LogP contribution >= 0.6 is 0 Å². The predicted molar refractivity (Wildman–Crippen MR) is 459 cm³/mol. The van der Waals surface area contributed by atoms with Crippen LogP contribution < -0.4 is 19.3 Å². The summed E-state index contributed by atoms with van der Waals surface area (Å²) in [5.74, 6) is 3.52. The summed E-state index contributed by atoms with van der Waals surface area (Å²) in [4.78, 5) is 4.73. The van der Waals surface area contributed by atoms with Crippen molar-refractivity contribution in [3.63, 3.8) is 0 Å². The van der Waals surface area contributed by atoms with Crippen LogP contribution in [0.4, 0.5) is 34.1 Å². The summed E-state index contributed by atoms with van der Waals surface area (Å²) < 4.78 is 13.7. The molecule has 0 radical (unpaired) electrons. The van der Waals surface area contributed by atoms with Gasteiger partial charge in [0.25, 0.3) is 0 Å². The molecule has 0 aromatic heterocycles. The summed E-state index contributed by atoms with van der Waals surface area (Å²) in [6.45, 7) is 0. The molecule has 0 N–H and O–H groups in total. The van der Waals surface area contributed by atoms with Crippen molar-refractivity contribution in [2.75, 3.05) is 9.80 Å². The van der Waals surface area contributed by atoms with Gasteiger partial charge in [0.05, 0.1) is 16.5 Å². The molecule has 528 valence electrons. The molecule has 0 unspecified atom stereocenters. The van der Waals surface area contributed by atoms with Gasteiger partial charge < -0.3 is 19.3 Å². The van der Waals surface area contributed by atoms with Crippen LogP contribution in [0.2, 0.25) is 0 Å². The summed E-state index contributed by atoms with van der Waals surface area (Å²) in [5.41, 5.74) is 29.7. The summed E-state index contributed by atoms with van der Waals surface area (Å²) in [5, 5.41) is 0. The van der Waals surface area contributed by atoms with E-state index in [1.807, 2.05) is 0 Å². The maximum atomic E-state index is 6.88. The zero-order chi connectivity index (χ0) is 67.6. The minimum atomic E-state index is -0.546. The summed E-state index contributed by atoms with van der Waals surface area (Å²) >= 11 is 0. The largest absolute Gasteiger partial charge is 0.457 e. The molecule has 2 spiro atoms. The second-order valence-electron chi connectivity index (χ2n) is 26.5. The van der Waals surface area contributed by atoms with E-state index in [9.17, 15) is 0 Å². The van der Waals surface area contributed by atoms with Gasteiger partial charge in [0.1, 0.15) is 23.0 Å². The monoisotopic (exact) mass is 1400 g/mol. The standard InChI is InChI=1S/2C49H33NO.6CH4/c1-3-15-34(16-4-1)35-27-29-37(30-28-35)50(46-25-13-9-19-39(46)36-17-5-2-6-18-36)38-31-32-48-45(33-38)49(44-24-12-14-26-47(44)51-48)42-22-10-7-20-40(42)41-21-8-11-23-43(41)49;1-3-13-34(14-4-1)36-23-27-38(28-24-36)50(39-29-25-37(26-30-39)35-15-5-2-6-16-35)40-31-32-46-48(33-40)51-47-22-12-11-21-45(47)49(46)43-19-9-7-17-41(43)42-18-8-10-20-44(42)49;;;;;;/h2*1-33H;6*1H4. The van der Waals surface area contributed by atoms with E-state index in [1.54, 1.807) is 0 Å². The molecule has 0 saturated heterocycles. The van der Waals surface area contributed by atoms with Crippen molar-refractivity contribution < 1.29 is 9.47 Å². The van der Waals surface area contributed by atoms with Crippen LogP contribution in [0, 0.1) is 0 Å². The van der Waals surface area contributed by atoms with E-state index in [1.165, 1.54) is 89.0 Å². The zero-order valence-corrected chi connectivity index (χ0v) is 55.8. The third kappa shape index (κ3) is 11.9. The molecular formula is C104H90N2O2. The van der Waals surface area contributed by atoms with Crippen LogP contribution in [-0.2, 0) is 10.8 Å². The Hall–Kier alpha value is -13.3. The van der Waals surface area contributed by atoms with E-state index in [4.69, 9.17) is 9.47 Å². The lowest BCUT2D eigenvalue weighted by Crippen LogP contribution is -2.32. The van der Waals surface area contributed by atoms with Crippen LogP contribution in [0.25, 0.3) is 66.8 Å². The number of anilines is 6. The Morgan fingerprint density at radius 1 is 0.167 bits per heavy atom. The van der Waals surface area contributed by atoms with Crippen molar-refractivity contribution in [2.45, 2.75) is 55.4 Å². The van der Waals surface area contributed by atoms with E-state index in [0.29, 0.717) is 0 Å². The maximum Gasteiger partial charge on any atom is 0.134 e. The SMILES string of the molecule is C.C.C.C.C.C.c1ccc(-c2ccc(N(c3ccc(-c4ccccc4)cc3)c3ccc4c(c3)Oc3ccccc3C43c4ccccc4-c4ccccc43)cc2)cc1.c1ccc(-c2ccc(N(c3ccc4c(c3)C3(c5ccccc5O4)c4ccccc4-c4ccccc43)c3ccccc3-c3ccccc3)cc2)cc1. The number of benzene rings is 16. The third-order valence-corrected chi connectivity index (χ3v) is 21.1. The molecule has 20 rings (SSSR count). The van der Waals surface area contributed by atoms with Crippen molar-refractivity contribution in [1.29, 1.82) is 0 Å². The first-order chi connectivity index (χ1) is 50.6. The average molecular weight is 1400 g/mol. The Morgan fingerprint density at radius 3 is 0.852 bits per heavy atom. The highest BCUT2D eigenvalue weighted by Gasteiger charge is 2.53. The Morgan fingerprint density at radius 2 is 0.435 bits per heavy atom. The molecule has 0 amide bonds. The third-order valence-electron chi connectivity index (χ3n) is 21.1. The van der Waals surface area contributed by atoms with Gasteiger partial charge in [-0.05, 0) is 162 Å². The highest BCUT2D eigenvalue weighted by Crippen LogP contribution is 2.65. The van der Waals surface area contributed by atoms with Crippen molar-refractivity contribution >= 4 is 34.1 Å². The molecule has 0 atom stereocenters. The lowest BCUT2D eigenvalue weighted by Gasteiger charge is -2.40. The molecule has 0 bridgehead atoms. The first-order valence-corrected chi connectivity index (χ1v) is 35.0. The number of nitrogens with zero attached hydrogens (tertiary/aromatic N) is 2. The molecule has 4 heteroatoms. The van der Waals surface area contributed by atoms with Crippen molar-refractivity contribution in [2.24, 2.45) is 0 Å². The van der Waals surface area contributed by atoms with Gasteiger partial charge in [-0.3, -0.25) is 0 Å². The maximum absolute atomic E-state index is 6.88. The molecule has 2 heterocycles. The fraction of sp³-hybridized carbons (Fsp3) is 0.0769. The van der Waals surface area contributed by atoms with Crippen LogP contribution in [0.3, 0.4) is 0 Å². The summed E-state index contributed by atoms with van der Waals surface area (Å²) in [6, 6.07) is 144. The highest BCUT2D eigenvalue weighted by molar-refractivity contribution is 5.94. The molecule has 108 heavy (non-hydrogen) atoms. The first-order valence-electron chi connectivity index (χ1n) is 35.0. The number of para-hydroxylation sites is 3. The molecular weight excluding hydrogens is 1310 g/mol. The summed E-state index contributed by atoms with van der Waals surface area (Å²) in [6.07, 6.45) is 0. The summed E-state index contributed by atoms with van der Waals surface area (Å²) in [7, 11) is 0. The Bertz CT molecular complexity index is 5640. The molecule has 0 fully saturated rings. The number of ether oxygens (including phenoxy) is 2. The molecule has 2 aliphatic carbocycles. The van der Waals surface area contributed by atoms with Gasteiger partial charge in [0, 0.05) is 62.3 Å². The van der Waals surface area contributed by atoms with E-state index in [2.05, 4.69) is 410 Å². The van der Waals surface area contributed by atoms with Gasteiger partial charge in [0.2, 0.25) is 0 Å². The van der Waals surface area contributed by atoms with E-state index in [0.717, 1.165) is 79.4 Å². The lowest BCUT2D eigenvalue weighted by molar-refractivity contribution is 0.436. The number of hydrogen-bond donors (Lipinski definition) is 0. The van der Waals surface area contributed by atoms with Gasteiger partial charge >= 0.3 is 0 Å². The second-order valence-corrected chi connectivity index (χ2v) is 26.5. The average Bonchev–Trinajstić information content (AvgIpc) is 1.49. The molecule has 16 aromatic rings. The first kappa shape index (κ1) is 73.0. The fourth-order valence-corrected chi connectivity index (χ4v) is 16.7. The topological polar surface area (TPSA) is 24.9 Å². The number of hydrogen-bond acceptors (Lipinski definition) is 4. The Kier molecular flexibility index (Phi) is 20.6. The molecule has 16 aromatic carbocycles. The van der Waals surface area contributed by atoms with Gasteiger partial charge in [-0.1, -0.05) is 360 Å². The minimum absolute atomic E-state index is 0. The smallest absolute Gasteiger partial charge is 0.134 e. The normalized spacial score (nSPS) is 12.3. The lowest BCUT2D eigenvalue weighted by atomic mass is 9.66. The molecule has 2 aliphatic heterocycles. The van der Waals surface area contributed by atoms with Gasteiger partial charge in [-0.2, -0.15) is 0 Å². The quantitative estimate of drug-likeness (QED) is 0.136. The predicted octanol–water partition coefficient (Wildman–Crippen LogP) is 29.7. The second kappa shape index (κ2) is 30.4. The minimum Gasteiger partial charge on any atom is -0.457 e. The van der Waals surface area contributed by atoms with Gasteiger partial charge in [0.15, 0.2) is 0 Å². The van der Waals surface area contributed by atoms with Crippen molar-refractivity contribution in [3.05, 3.63) is 445 Å². The fourth-order valence-electron chi connectivity index (χ4n) is 16.7. The highest BCUT2D eigenvalue weighted by atomic mass is 16.5. The van der Waals surface area contributed by atoms with Crippen LogP contribution in [0.15, 0.2) is 400 Å². The number of fused-ring (bicyclic) bond motifs is 18. The van der Waals surface area contributed by atoms with E-state index in [-0.39, 0.29) is 44.6 Å². The Balaban J connectivity index is 0.000000180. The zero-order valence-electron chi connectivity index (χ0n) is 55.8. The van der Waals surface area contributed by atoms with Gasteiger partial charge in [-0.15, -0.1) is 0 Å². The van der Waals surface area contributed by atoms with E-state index >= 15 is 0 Å². The Labute approximate surface area is 639 Å². The van der Waals surface area contributed by atoms with Crippen molar-refractivity contribution in [3.8, 4) is 89.8 Å². The molecule has 4 aliphatic rings. The van der Waals surface area contributed by atoms with Gasteiger partial charge in [-0.25, -0.2) is 0 Å². The molecule has 4 nitrogen and oxygen atoms in total. The van der Waals surface area contributed by atoms with Crippen LogP contribution in [0.5, 0.6) is 23.0 Å².